The van der Waals surface area contributed by atoms with Crippen LogP contribution in [-0.4, -0.2) is 62.0 Å². The van der Waals surface area contributed by atoms with Gasteiger partial charge in [-0.05, 0) is 64.2 Å². The summed E-state index contributed by atoms with van der Waals surface area (Å²) in [5, 5.41) is 0. The summed E-state index contributed by atoms with van der Waals surface area (Å²) in [5.74, 6) is -0.913. The maximum atomic E-state index is 12.6. The quantitative estimate of drug-likeness (QED) is 0.101. The Morgan fingerprint density at radius 2 is 1.29 bits per heavy atom. The Bertz CT molecular complexity index is 968. The van der Waals surface area contributed by atoms with Crippen molar-refractivity contribution in [3.63, 3.8) is 0 Å². The largest absolute Gasteiger partial charge is 0.513 e. The average Bonchev–Trinajstić information content (AvgIpc) is 2.90. The van der Waals surface area contributed by atoms with Crippen LogP contribution in [0, 0.1) is 0 Å². The van der Waals surface area contributed by atoms with Crippen molar-refractivity contribution in [1.82, 2.24) is 0 Å². The molecule has 0 aliphatic carbocycles. The molecule has 0 bridgehead atoms. The van der Waals surface area contributed by atoms with E-state index in [0.717, 1.165) is 19.3 Å². The first-order chi connectivity index (χ1) is 19.5. The minimum absolute atomic E-state index is 0.000164. The van der Waals surface area contributed by atoms with E-state index in [2.05, 4.69) is 0 Å². The van der Waals surface area contributed by atoms with Gasteiger partial charge in [0.1, 0.15) is 24.4 Å². The molecule has 232 valence electrons. The van der Waals surface area contributed by atoms with Gasteiger partial charge in [-0.3, -0.25) is 4.79 Å². The van der Waals surface area contributed by atoms with Crippen molar-refractivity contribution in [2.45, 2.75) is 111 Å². The molecule has 0 saturated carbocycles. The lowest BCUT2D eigenvalue weighted by atomic mass is 10.1. The first kappa shape index (κ1) is 35.5. The molecule has 12 heteroatoms. The van der Waals surface area contributed by atoms with Crippen LogP contribution in [-0.2, 0) is 34.9 Å². The van der Waals surface area contributed by atoms with E-state index >= 15 is 0 Å². The lowest BCUT2D eigenvalue weighted by Gasteiger charge is -2.23. The highest BCUT2D eigenvalue weighted by Gasteiger charge is 2.26. The summed E-state index contributed by atoms with van der Waals surface area (Å²) in [6, 6.07) is 3.26. The minimum atomic E-state index is -1.10. The Morgan fingerprint density at radius 3 is 1.85 bits per heavy atom. The second-order valence-electron chi connectivity index (χ2n) is 9.63. The molecule has 0 spiro atoms. The van der Waals surface area contributed by atoms with Crippen LogP contribution in [0.15, 0.2) is 18.2 Å². The third-order valence-corrected chi connectivity index (χ3v) is 5.83. The lowest BCUT2D eigenvalue weighted by molar-refractivity contribution is -0.155. The van der Waals surface area contributed by atoms with E-state index in [0.29, 0.717) is 24.8 Å². The number of hydrogen-bond donors (Lipinski definition) is 1. The van der Waals surface area contributed by atoms with Crippen molar-refractivity contribution >= 4 is 24.4 Å². The lowest BCUT2D eigenvalue weighted by Crippen LogP contribution is -2.39. The van der Waals surface area contributed by atoms with Gasteiger partial charge in [0.15, 0.2) is 11.5 Å². The number of nitrogens with two attached hydrogens (primary N) is 1. The van der Waals surface area contributed by atoms with Crippen molar-refractivity contribution in [3.8, 4) is 11.5 Å². The number of ether oxygens (including phenoxy) is 7. The predicted molar refractivity (Wildman–Crippen MR) is 149 cm³/mol. The monoisotopic (exact) mass is 583 g/mol. The van der Waals surface area contributed by atoms with Gasteiger partial charge in [0.25, 0.3) is 0 Å². The molecule has 41 heavy (non-hydrogen) atoms. The molecule has 0 fully saturated rings. The molecule has 1 unspecified atom stereocenters. The van der Waals surface area contributed by atoms with E-state index in [1.807, 2.05) is 20.8 Å². The Labute approximate surface area is 242 Å². The molecular formula is C29H45NO11. The summed E-state index contributed by atoms with van der Waals surface area (Å²) in [6.07, 6.45) is -0.115. The van der Waals surface area contributed by atoms with Gasteiger partial charge in [-0.1, -0.05) is 46.1 Å². The van der Waals surface area contributed by atoms with E-state index in [-0.39, 0.29) is 37.2 Å². The highest BCUT2D eigenvalue weighted by Crippen LogP contribution is 2.30. The van der Waals surface area contributed by atoms with Crippen LogP contribution in [0.3, 0.4) is 0 Å². The number of hydrogen-bond acceptors (Lipinski definition) is 12. The van der Waals surface area contributed by atoms with Gasteiger partial charge in [0, 0.05) is 0 Å². The minimum Gasteiger partial charge on any atom is -0.458 e. The first-order valence-electron chi connectivity index (χ1n) is 14.2. The summed E-state index contributed by atoms with van der Waals surface area (Å²) < 4.78 is 36.3. The van der Waals surface area contributed by atoms with Crippen LogP contribution < -0.4 is 15.2 Å². The fraction of sp³-hybridized carbons (Fsp3) is 0.655. The zero-order chi connectivity index (χ0) is 30.8. The summed E-state index contributed by atoms with van der Waals surface area (Å²) in [7, 11) is 0. The van der Waals surface area contributed by atoms with Gasteiger partial charge >= 0.3 is 24.4 Å². The third kappa shape index (κ3) is 14.6. The molecule has 0 heterocycles. The molecule has 1 aromatic carbocycles. The zero-order valence-electron chi connectivity index (χ0n) is 25.0. The van der Waals surface area contributed by atoms with Gasteiger partial charge in [-0.15, -0.1) is 0 Å². The van der Waals surface area contributed by atoms with Crippen LogP contribution in [0.2, 0.25) is 0 Å². The number of esters is 1. The highest BCUT2D eigenvalue weighted by molar-refractivity contribution is 5.76. The van der Waals surface area contributed by atoms with E-state index in [1.165, 1.54) is 12.1 Å². The molecule has 0 amide bonds. The van der Waals surface area contributed by atoms with Crippen LogP contribution in [0.5, 0.6) is 11.5 Å². The third-order valence-electron chi connectivity index (χ3n) is 5.83. The second-order valence-corrected chi connectivity index (χ2v) is 9.63. The summed E-state index contributed by atoms with van der Waals surface area (Å²) >= 11 is 0. The number of unbranched alkanes of at least 4 members (excludes halogenated alkanes) is 2. The number of carbonyl (C=O) groups is 4. The van der Waals surface area contributed by atoms with Crippen molar-refractivity contribution in [2.75, 3.05) is 13.2 Å². The van der Waals surface area contributed by atoms with E-state index in [1.54, 1.807) is 26.8 Å². The van der Waals surface area contributed by atoms with E-state index in [9.17, 15) is 19.2 Å². The van der Waals surface area contributed by atoms with Crippen LogP contribution in [0.1, 0.15) is 85.6 Å². The molecule has 4 atom stereocenters. The van der Waals surface area contributed by atoms with Gasteiger partial charge in [0.2, 0.25) is 0 Å². The summed E-state index contributed by atoms with van der Waals surface area (Å²) in [6.45, 7) is 11.1. The molecule has 0 aliphatic heterocycles. The Balaban J connectivity index is 2.85. The predicted octanol–water partition coefficient (Wildman–Crippen LogP) is 5.85. The van der Waals surface area contributed by atoms with Crippen molar-refractivity contribution in [3.05, 3.63) is 23.8 Å². The van der Waals surface area contributed by atoms with Gasteiger partial charge in [0.05, 0.1) is 13.2 Å². The van der Waals surface area contributed by atoms with Gasteiger partial charge in [-0.25, -0.2) is 14.4 Å². The van der Waals surface area contributed by atoms with Gasteiger partial charge in [-0.2, -0.15) is 0 Å². The molecule has 0 aliphatic rings. The summed E-state index contributed by atoms with van der Waals surface area (Å²) in [5.41, 5.74) is 6.56. The molecule has 2 N–H and O–H groups in total. The fourth-order valence-corrected chi connectivity index (χ4v) is 3.29. The number of carbonyl (C=O) groups excluding carboxylic acids is 4. The van der Waals surface area contributed by atoms with Crippen molar-refractivity contribution in [1.29, 1.82) is 0 Å². The normalized spacial score (nSPS) is 13.6. The van der Waals surface area contributed by atoms with Crippen molar-refractivity contribution < 1.29 is 52.3 Å². The maximum Gasteiger partial charge on any atom is 0.513 e. The van der Waals surface area contributed by atoms with Crippen molar-refractivity contribution in [2.24, 2.45) is 5.73 Å². The van der Waals surface area contributed by atoms with Crippen LogP contribution in [0.25, 0.3) is 0 Å². The van der Waals surface area contributed by atoms with Gasteiger partial charge < -0.3 is 38.9 Å². The maximum absolute atomic E-state index is 12.6. The van der Waals surface area contributed by atoms with E-state index in [4.69, 9.17) is 38.9 Å². The topological polar surface area (TPSA) is 159 Å². The van der Waals surface area contributed by atoms with Crippen LogP contribution in [0.4, 0.5) is 14.4 Å². The highest BCUT2D eigenvalue weighted by atomic mass is 16.8. The molecule has 0 radical (unpaired) electrons. The molecule has 0 aromatic heterocycles. The molecule has 0 saturated heterocycles. The molecular weight excluding hydrogens is 538 g/mol. The zero-order valence-corrected chi connectivity index (χ0v) is 25.0. The molecule has 1 aromatic rings. The summed E-state index contributed by atoms with van der Waals surface area (Å²) in [4.78, 5) is 48.8. The first-order valence-corrected chi connectivity index (χ1v) is 14.2. The number of rotatable bonds is 17. The Morgan fingerprint density at radius 1 is 0.732 bits per heavy atom. The average molecular weight is 584 g/mol. The molecule has 1 rings (SSSR count). The molecule has 12 nitrogen and oxygen atoms in total. The smallest absolute Gasteiger partial charge is 0.458 e. The SMILES string of the molecule is CCCCOC(=O)Oc1ccc(C[C@H](N)C(=O)O[C@@H](C)[C@H](C)OC(=O)OC(C)CCC)cc1OC(=O)OCCCC. The van der Waals surface area contributed by atoms with Crippen LogP contribution >= 0.6 is 0 Å². The second kappa shape index (κ2) is 19.5. The standard InChI is InChI=1S/C29H45NO11/c1-7-10-15-35-27(32)40-24-14-13-22(18-25(24)41-28(33)36-16-11-8-2)17-23(30)26(31)38-20(5)21(6)39-29(34)37-19(4)12-9-3/h13-14,18-21,23H,7-12,15-17,30H2,1-6H3/t19?,20-,21-,23-/m0/s1. The fourth-order valence-electron chi connectivity index (χ4n) is 3.29. The number of benzene rings is 1. The Hall–Kier alpha value is -3.54. The Kier molecular flexibility index (Phi) is 16.9. The van der Waals surface area contributed by atoms with E-state index < -0.39 is 42.7 Å².